The van der Waals surface area contributed by atoms with E-state index in [0.29, 0.717) is 41.0 Å². The monoisotopic (exact) mass is 621 g/mol. The fourth-order valence-electron chi connectivity index (χ4n) is 4.00. The Labute approximate surface area is 258 Å². The van der Waals surface area contributed by atoms with Gasteiger partial charge in [0.05, 0.1) is 13.4 Å². The molecule has 5 aromatic rings. The number of aromatic nitrogens is 7. The van der Waals surface area contributed by atoms with Crippen molar-refractivity contribution in [2.45, 2.75) is 0 Å². The summed E-state index contributed by atoms with van der Waals surface area (Å²) in [5, 5.41) is 6.29. The van der Waals surface area contributed by atoms with E-state index >= 15 is 0 Å². The van der Waals surface area contributed by atoms with Crippen LogP contribution >= 0.6 is 47.0 Å². The predicted molar refractivity (Wildman–Crippen MR) is 175 cm³/mol. The van der Waals surface area contributed by atoms with Crippen molar-refractivity contribution in [2.75, 3.05) is 9.80 Å². The molecule has 2 aliphatic heterocycles. The van der Waals surface area contributed by atoms with Gasteiger partial charge in [-0.05, 0) is 64.8 Å². The van der Waals surface area contributed by atoms with Gasteiger partial charge in [0.1, 0.15) is 23.3 Å². The van der Waals surface area contributed by atoms with Gasteiger partial charge in [0.15, 0.2) is 5.82 Å². The van der Waals surface area contributed by atoms with E-state index in [-0.39, 0.29) is 0 Å². The molecule has 0 unspecified atom stereocenters. The highest BCUT2D eigenvalue weighted by Gasteiger charge is 2.28. The lowest BCUT2D eigenvalue weighted by atomic mass is 10.3. The molecule has 0 fully saturated rings. The van der Waals surface area contributed by atoms with Crippen LogP contribution in [0.25, 0.3) is 4.91 Å². The van der Waals surface area contributed by atoms with Crippen molar-refractivity contribution in [2.24, 2.45) is 0 Å². The van der Waals surface area contributed by atoms with Crippen molar-refractivity contribution < 1.29 is 0 Å². The minimum atomic E-state index is 0.364. The van der Waals surface area contributed by atoms with E-state index in [1.807, 2.05) is 82.6 Å². The Hall–Kier alpha value is -4.17. The lowest BCUT2D eigenvalue weighted by molar-refractivity contribution is 0.938. The average molecular weight is 622 g/mol. The summed E-state index contributed by atoms with van der Waals surface area (Å²) in [4.78, 5) is 38.0. The third-order valence-electron chi connectivity index (χ3n) is 5.79. The molecule has 2 aliphatic rings. The maximum absolute atomic E-state index is 5.00. The molecule has 13 heteroatoms. The smallest absolute Gasteiger partial charge is 0.242 e. The van der Waals surface area contributed by atoms with Gasteiger partial charge in [-0.1, -0.05) is 71.3 Å². The highest BCUT2D eigenvalue weighted by molar-refractivity contribution is 8.35. The highest BCUT2D eigenvalue weighted by atomic mass is 32.2. The second kappa shape index (κ2) is 12.4. The molecule has 204 valence electrons. The first-order chi connectivity index (χ1) is 20.8. The number of rotatable bonds is 7. The van der Waals surface area contributed by atoms with E-state index in [1.54, 1.807) is 71.8 Å². The number of hydrogen-bond donors (Lipinski definition) is 0. The third kappa shape index (κ3) is 5.63. The van der Waals surface area contributed by atoms with E-state index < -0.39 is 0 Å². The predicted octanol–water partition coefficient (Wildman–Crippen LogP) is 8.25. The van der Waals surface area contributed by atoms with Crippen molar-refractivity contribution in [3.63, 3.8) is 0 Å². The van der Waals surface area contributed by atoms with Gasteiger partial charge in [-0.2, -0.15) is 15.0 Å². The molecule has 0 spiro atoms. The Bertz CT molecular complexity index is 1600. The Balaban J connectivity index is 1.42. The lowest BCUT2D eigenvalue weighted by Gasteiger charge is -2.24. The van der Waals surface area contributed by atoms with Gasteiger partial charge in [-0.25, -0.2) is 29.7 Å². The van der Waals surface area contributed by atoms with Gasteiger partial charge in [-0.3, -0.25) is 0 Å². The molecule has 0 bridgehead atoms. The Kier molecular flexibility index (Phi) is 7.87. The number of hydrogen-bond acceptors (Lipinski definition) is 13. The standard InChI is InChI=1S/C29H19N9S4/c1-5-13-30-21(9-1)37(22-10-2-6-14-31-22)28-34-25(20-19-41-27(42-20)26-39-17-18-40-26)35-29(36-28)38(23-11-3-7-15-32-23)24-12-4-8-16-33-24/h1-19H. The Morgan fingerprint density at radius 3 is 1.33 bits per heavy atom. The number of thioether (sulfide) groups is 4. The number of nitrogens with zero attached hydrogens (tertiary/aromatic N) is 9. The molecule has 0 N–H and O–H groups in total. The SMILES string of the molecule is C1=CSC(=C2SC=C(c3nc(N(c4ccccn4)c4ccccn4)nc(N(c4ccccn4)c4ccccn4)n3)S2)S1. The Morgan fingerprint density at radius 2 is 0.929 bits per heavy atom. The van der Waals surface area contributed by atoms with Gasteiger partial charge < -0.3 is 0 Å². The lowest BCUT2D eigenvalue weighted by Crippen LogP contribution is -2.21. The zero-order valence-corrected chi connectivity index (χ0v) is 24.9. The molecule has 7 rings (SSSR count). The first-order valence-electron chi connectivity index (χ1n) is 12.6. The minimum absolute atomic E-state index is 0.364. The first kappa shape index (κ1) is 26.7. The zero-order chi connectivity index (χ0) is 28.1. The van der Waals surface area contributed by atoms with Gasteiger partial charge in [0.2, 0.25) is 11.9 Å². The van der Waals surface area contributed by atoms with E-state index in [0.717, 1.165) is 4.91 Å². The van der Waals surface area contributed by atoms with E-state index in [2.05, 4.69) is 36.2 Å². The van der Waals surface area contributed by atoms with Gasteiger partial charge in [0, 0.05) is 24.8 Å². The molecule has 0 radical (unpaired) electrons. The summed E-state index contributed by atoms with van der Waals surface area (Å²) < 4.78 is 2.45. The molecule has 0 saturated heterocycles. The molecule has 5 aromatic heterocycles. The molecule has 42 heavy (non-hydrogen) atoms. The van der Waals surface area contributed by atoms with Crippen molar-refractivity contribution in [3.05, 3.63) is 128 Å². The largest absolute Gasteiger partial charge is 0.246 e. The van der Waals surface area contributed by atoms with Crippen LogP contribution in [0, 0.1) is 0 Å². The maximum atomic E-state index is 5.00. The Morgan fingerprint density at radius 1 is 0.476 bits per heavy atom. The number of pyridine rings is 4. The molecule has 0 saturated carbocycles. The summed E-state index contributed by atoms with van der Waals surface area (Å²) >= 11 is 6.79. The van der Waals surface area contributed by atoms with Gasteiger partial charge >= 0.3 is 0 Å². The van der Waals surface area contributed by atoms with Crippen LogP contribution in [0.15, 0.2) is 122 Å². The van der Waals surface area contributed by atoms with Crippen LogP contribution in [0.4, 0.5) is 35.2 Å². The van der Waals surface area contributed by atoms with E-state index in [9.17, 15) is 0 Å². The van der Waals surface area contributed by atoms with Crippen LogP contribution in [0.5, 0.6) is 0 Å². The fraction of sp³-hybridized carbons (Fsp3) is 0. The quantitative estimate of drug-likeness (QED) is 0.175. The third-order valence-corrected chi connectivity index (χ3v) is 10.8. The molecular formula is C29H19N9S4. The molecular weight excluding hydrogens is 603 g/mol. The van der Waals surface area contributed by atoms with Crippen molar-refractivity contribution in [3.8, 4) is 0 Å². The van der Waals surface area contributed by atoms with Gasteiger partial charge in [-0.15, -0.1) is 0 Å². The van der Waals surface area contributed by atoms with Crippen molar-refractivity contribution in [1.82, 2.24) is 34.9 Å². The maximum Gasteiger partial charge on any atom is 0.242 e. The second-order valence-corrected chi connectivity index (χ2v) is 12.7. The van der Waals surface area contributed by atoms with Crippen LogP contribution in [0.3, 0.4) is 0 Å². The van der Waals surface area contributed by atoms with Crippen LogP contribution in [-0.2, 0) is 0 Å². The summed E-state index contributed by atoms with van der Waals surface area (Å²) in [6, 6.07) is 22.8. The summed E-state index contributed by atoms with van der Waals surface area (Å²) in [7, 11) is 0. The van der Waals surface area contributed by atoms with Crippen LogP contribution in [0.1, 0.15) is 5.82 Å². The second-order valence-electron chi connectivity index (χ2n) is 8.47. The molecule has 0 aromatic carbocycles. The molecule has 7 heterocycles. The summed E-state index contributed by atoms with van der Waals surface area (Å²) in [5.74, 6) is 3.74. The van der Waals surface area contributed by atoms with Gasteiger partial charge in [0.25, 0.3) is 0 Å². The average Bonchev–Trinajstić information content (AvgIpc) is 3.77. The van der Waals surface area contributed by atoms with Crippen LogP contribution < -0.4 is 9.80 Å². The number of anilines is 6. The zero-order valence-electron chi connectivity index (χ0n) is 21.6. The molecule has 9 nitrogen and oxygen atoms in total. The summed E-state index contributed by atoms with van der Waals surface area (Å²) in [5.41, 5.74) is 0. The summed E-state index contributed by atoms with van der Waals surface area (Å²) in [6.45, 7) is 0. The molecule has 0 amide bonds. The topological polar surface area (TPSA) is 96.7 Å². The first-order valence-corrected chi connectivity index (χ1v) is 16.1. The highest BCUT2D eigenvalue weighted by Crippen LogP contribution is 2.55. The van der Waals surface area contributed by atoms with Crippen molar-refractivity contribution in [1.29, 1.82) is 0 Å². The van der Waals surface area contributed by atoms with E-state index in [1.165, 1.54) is 8.47 Å². The van der Waals surface area contributed by atoms with Crippen molar-refractivity contribution >= 4 is 87.1 Å². The normalized spacial score (nSPS) is 14.2. The molecule has 0 aliphatic carbocycles. The van der Waals surface area contributed by atoms with Crippen LogP contribution in [0.2, 0.25) is 0 Å². The van der Waals surface area contributed by atoms with E-state index in [4.69, 9.17) is 15.0 Å². The fourth-order valence-corrected chi connectivity index (χ4v) is 8.38. The molecule has 0 atom stereocenters. The van der Waals surface area contributed by atoms with Crippen LogP contribution in [-0.4, -0.2) is 34.9 Å². The summed E-state index contributed by atoms with van der Waals surface area (Å²) in [6.07, 6.45) is 6.94. The minimum Gasteiger partial charge on any atom is -0.246 e.